The summed E-state index contributed by atoms with van der Waals surface area (Å²) >= 11 is 0. The molecule has 1 nitrogen and oxygen atoms in total. The predicted molar refractivity (Wildman–Crippen MR) is 238 cm³/mol. The number of fused-ring (bicyclic) bond motifs is 11. The van der Waals surface area contributed by atoms with E-state index in [2.05, 4.69) is 196 Å². The fourth-order valence-electron chi connectivity index (χ4n) is 9.95. The maximum absolute atomic E-state index is 6.81. The molecular formula is C55H36O. The highest BCUT2D eigenvalue weighted by atomic mass is 16.3. The van der Waals surface area contributed by atoms with E-state index < -0.39 is 0 Å². The van der Waals surface area contributed by atoms with Crippen molar-refractivity contribution in [1.82, 2.24) is 0 Å². The van der Waals surface area contributed by atoms with E-state index in [1.807, 2.05) is 0 Å². The van der Waals surface area contributed by atoms with Gasteiger partial charge in [-0.15, -0.1) is 0 Å². The van der Waals surface area contributed by atoms with Crippen LogP contribution in [0.4, 0.5) is 0 Å². The number of benzene rings is 10. The average molecular weight is 713 g/mol. The Morgan fingerprint density at radius 3 is 1.61 bits per heavy atom. The third-order valence-electron chi connectivity index (χ3n) is 12.6. The van der Waals surface area contributed by atoms with Crippen molar-refractivity contribution in [3.63, 3.8) is 0 Å². The van der Waals surface area contributed by atoms with E-state index in [-0.39, 0.29) is 5.41 Å². The molecule has 0 spiro atoms. The molecule has 0 amide bonds. The van der Waals surface area contributed by atoms with Crippen LogP contribution in [0.15, 0.2) is 186 Å². The standard InChI is InChI=1S/C55H36O/c1-55(2)49-27-24-40(31-47(49)45-25-26-46-48-30-36-14-5-6-15-37(36)32-50(48)56-54(46)53(45)55)52-43-20-9-7-18-41(43)51(42-19-8-10-21-44(42)52)39-17-11-16-35(29-39)38-23-22-33-12-3-4-13-34(33)28-38/h3-32H,1-2H3. The van der Waals surface area contributed by atoms with Crippen LogP contribution in [0.3, 0.4) is 0 Å². The molecule has 12 rings (SSSR count). The number of hydrogen-bond donors (Lipinski definition) is 0. The Kier molecular flexibility index (Phi) is 6.46. The minimum absolute atomic E-state index is 0.222. The lowest BCUT2D eigenvalue weighted by molar-refractivity contribution is 0.620. The zero-order chi connectivity index (χ0) is 37.1. The van der Waals surface area contributed by atoms with E-state index in [1.165, 1.54) is 109 Å². The van der Waals surface area contributed by atoms with Crippen molar-refractivity contribution in [1.29, 1.82) is 0 Å². The van der Waals surface area contributed by atoms with E-state index in [4.69, 9.17) is 4.42 Å². The molecule has 0 atom stereocenters. The summed E-state index contributed by atoms with van der Waals surface area (Å²) in [7, 11) is 0. The summed E-state index contributed by atoms with van der Waals surface area (Å²) in [5, 5.41) is 12.3. The summed E-state index contributed by atoms with van der Waals surface area (Å²) < 4.78 is 6.81. The molecule has 1 heteroatoms. The van der Waals surface area contributed by atoms with Gasteiger partial charge in [-0.05, 0) is 130 Å². The number of rotatable bonds is 3. The van der Waals surface area contributed by atoms with Gasteiger partial charge in [0.2, 0.25) is 0 Å². The van der Waals surface area contributed by atoms with E-state index in [0.717, 1.165) is 11.2 Å². The lowest BCUT2D eigenvalue weighted by Crippen LogP contribution is -2.15. The van der Waals surface area contributed by atoms with Gasteiger partial charge in [0.1, 0.15) is 11.2 Å². The molecule has 10 aromatic carbocycles. The molecule has 1 heterocycles. The lowest BCUT2D eigenvalue weighted by atomic mass is 9.81. The van der Waals surface area contributed by atoms with Crippen LogP contribution in [0.2, 0.25) is 0 Å². The Morgan fingerprint density at radius 2 is 0.911 bits per heavy atom. The average Bonchev–Trinajstić information content (AvgIpc) is 3.71. The molecule has 11 aromatic rings. The second kappa shape index (κ2) is 11.5. The maximum atomic E-state index is 6.81. The zero-order valence-electron chi connectivity index (χ0n) is 31.2. The summed E-state index contributed by atoms with van der Waals surface area (Å²) in [4.78, 5) is 0. The van der Waals surface area contributed by atoms with Crippen molar-refractivity contribution < 1.29 is 4.42 Å². The molecule has 262 valence electrons. The molecule has 1 aliphatic carbocycles. The molecule has 0 N–H and O–H groups in total. The van der Waals surface area contributed by atoms with Crippen molar-refractivity contribution in [2.24, 2.45) is 0 Å². The second-order valence-electron chi connectivity index (χ2n) is 16.0. The van der Waals surface area contributed by atoms with E-state index >= 15 is 0 Å². The van der Waals surface area contributed by atoms with Crippen LogP contribution in [0.5, 0.6) is 0 Å². The second-order valence-corrected chi connectivity index (χ2v) is 16.0. The lowest BCUT2D eigenvalue weighted by Gasteiger charge is -2.22. The van der Waals surface area contributed by atoms with Crippen LogP contribution < -0.4 is 0 Å². The Balaban J connectivity index is 1.05. The Morgan fingerprint density at radius 1 is 0.357 bits per heavy atom. The summed E-state index contributed by atoms with van der Waals surface area (Å²) in [6, 6.07) is 67.2. The Bertz CT molecular complexity index is 3390. The first-order valence-electron chi connectivity index (χ1n) is 19.6. The highest BCUT2D eigenvalue weighted by Gasteiger charge is 2.39. The number of hydrogen-bond acceptors (Lipinski definition) is 1. The summed E-state index contributed by atoms with van der Waals surface area (Å²) in [5.74, 6) is 0. The van der Waals surface area contributed by atoms with Crippen molar-refractivity contribution in [2.75, 3.05) is 0 Å². The van der Waals surface area contributed by atoms with Crippen molar-refractivity contribution >= 4 is 65.0 Å². The fraction of sp³-hybridized carbons (Fsp3) is 0.0545. The summed E-state index contributed by atoms with van der Waals surface area (Å²) in [5.41, 5.74) is 14.3. The molecule has 1 aromatic heterocycles. The first kappa shape index (κ1) is 31.4. The van der Waals surface area contributed by atoms with Crippen molar-refractivity contribution in [3.8, 4) is 44.5 Å². The molecule has 56 heavy (non-hydrogen) atoms. The van der Waals surface area contributed by atoms with Crippen LogP contribution in [0.1, 0.15) is 25.0 Å². The fourth-order valence-corrected chi connectivity index (χ4v) is 9.95. The third-order valence-corrected chi connectivity index (χ3v) is 12.6. The first-order valence-corrected chi connectivity index (χ1v) is 19.6. The van der Waals surface area contributed by atoms with E-state index in [1.54, 1.807) is 0 Å². The molecule has 1 aliphatic rings. The predicted octanol–water partition coefficient (Wildman–Crippen LogP) is 15.5. The van der Waals surface area contributed by atoms with Crippen molar-refractivity contribution in [2.45, 2.75) is 19.3 Å². The molecule has 0 saturated heterocycles. The van der Waals surface area contributed by atoms with Gasteiger partial charge < -0.3 is 4.42 Å². The first-order chi connectivity index (χ1) is 27.5. The quantitative estimate of drug-likeness (QED) is 0.166. The number of furan rings is 1. The van der Waals surface area contributed by atoms with Crippen LogP contribution in [0.25, 0.3) is 110 Å². The van der Waals surface area contributed by atoms with Crippen LogP contribution in [-0.2, 0) is 5.41 Å². The normalized spacial score (nSPS) is 13.3. The molecule has 0 radical (unpaired) electrons. The minimum atomic E-state index is -0.222. The van der Waals surface area contributed by atoms with Gasteiger partial charge in [0.25, 0.3) is 0 Å². The van der Waals surface area contributed by atoms with Gasteiger partial charge in [-0.1, -0.05) is 159 Å². The molecule has 0 fully saturated rings. The zero-order valence-corrected chi connectivity index (χ0v) is 31.2. The van der Waals surface area contributed by atoms with Crippen LogP contribution in [0, 0.1) is 0 Å². The van der Waals surface area contributed by atoms with Gasteiger partial charge in [0.05, 0.1) is 0 Å². The van der Waals surface area contributed by atoms with Gasteiger partial charge in [-0.3, -0.25) is 0 Å². The topological polar surface area (TPSA) is 13.1 Å². The smallest absolute Gasteiger partial charge is 0.140 e. The van der Waals surface area contributed by atoms with Gasteiger partial charge >= 0.3 is 0 Å². The van der Waals surface area contributed by atoms with E-state index in [9.17, 15) is 0 Å². The largest absolute Gasteiger partial charge is 0.456 e. The SMILES string of the molecule is CC1(C)c2ccc(-c3c4ccccc4c(-c4cccc(-c5ccc6ccccc6c5)c4)c4ccccc34)cc2-c2ccc3c(oc4cc5ccccc5cc43)c21. The van der Waals surface area contributed by atoms with Crippen LogP contribution in [-0.4, -0.2) is 0 Å². The highest BCUT2D eigenvalue weighted by Crippen LogP contribution is 2.54. The van der Waals surface area contributed by atoms with Crippen LogP contribution >= 0.6 is 0 Å². The summed E-state index contributed by atoms with van der Waals surface area (Å²) in [6.45, 7) is 4.71. The van der Waals surface area contributed by atoms with Crippen molar-refractivity contribution in [3.05, 3.63) is 193 Å². The molecule has 0 saturated carbocycles. The monoisotopic (exact) mass is 712 g/mol. The molecule has 0 aliphatic heterocycles. The van der Waals surface area contributed by atoms with Gasteiger partial charge in [-0.2, -0.15) is 0 Å². The third kappa shape index (κ3) is 4.43. The molecular weight excluding hydrogens is 677 g/mol. The highest BCUT2D eigenvalue weighted by molar-refractivity contribution is 6.22. The van der Waals surface area contributed by atoms with Gasteiger partial charge in [0, 0.05) is 21.8 Å². The Labute approximate surface area is 325 Å². The van der Waals surface area contributed by atoms with Gasteiger partial charge in [0.15, 0.2) is 0 Å². The Hall–Kier alpha value is -6.96. The molecule has 0 unspecified atom stereocenters. The summed E-state index contributed by atoms with van der Waals surface area (Å²) in [6.07, 6.45) is 0. The molecule has 0 bridgehead atoms. The minimum Gasteiger partial charge on any atom is -0.456 e. The van der Waals surface area contributed by atoms with Gasteiger partial charge in [-0.25, -0.2) is 0 Å². The van der Waals surface area contributed by atoms with E-state index in [0.29, 0.717) is 0 Å². The maximum Gasteiger partial charge on any atom is 0.140 e.